The molecule has 116 valence electrons. The summed E-state index contributed by atoms with van der Waals surface area (Å²) in [6, 6.07) is 5.82. The van der Waals surface area contributed by atoms with Crippen LogP contribution in [0.3, 0.4) is 0 Å². The summed E-state index contributed by atoms with van der Waals surface area (Å²) in [5.41, 5.74) is 13.4. The SMILES string of the molecule is COCCN(Cc1ccc(C(N)=O)cc1N)C(C)C1CC1. The number of methoxy groups -OCH3 is 1. The maximum absolute atomic E-state index is 11.2. The Morgan fingerprint density at radius 1 is 1.48 bits per heavy atom. The maximum Gasteiger partial charge on any atom is 0.248 e. The van der Waals surface area contributed by atoms with Crippen molar-refractivity contribution in [1.82, 2.24) is 4.90 Å². The molecule has 0 heterocycles. The van der Waals surface area contributed by atoms with E-state index in [-0.39, 0.29) is 0 Å². The molecule has 1 unspecified atom stereocenters. The number of carbonyl (C=O) groups excluding carboxylic acids is 1. The lowest BCUT2D eigenvalue weighted by Crippen LogP contribution is -2.36. The number of rotatable bonds is 8. The van der Waals surface area contributed by atoms with E-state index < -0.39 is 5.91 Å². The lowest BCUT2D eigenvalue weighted by Gasteiger charge is -2.29. The van der Waals surface area contributed by atoms with Crippen molar-refractivity contribution in [3.63, 3.8) is 0 Å². The summed E-state index contributed by atoms with van der Waals surface area (Å²) in [7, 11) is 1.72. The molecular weight excluding hydrogens is 266 g/mol. The number of hydrogen-bond acceptors (Lipinski definition) is 4. The standard InChI is InChI=1S/C16H25N3O2/c1-11(12-3-4-12)19(7-8-21-2)10-14-6-5-13(16(18)20)9-15(14)17/h5-6,9,11-12H,3-4,7-8,10,17H2,1-2H3,(H2,18,20). The summed E-state index contributed by atoms with van der Waals surface area (Å²) >= 11 is 0. The van der Waals surface area contributed by atoms with Gasteiger partial charge in [0, 0.05) is 37.5 Å². The van der Waals surface area contributed by atoms with Crippen molar-refractivity contribution in [1.29, 1.82) is 0 Å². The molecule has 0 spiro atoms. The predicted octanol–water partition coefficient (Wildman–Crippen LogP) is 1.61. The molecule has 1 aliphatic carbocycles. The molecule has 1 amide bonds. The lowest BCUT2D eigenvalue weighted by molar-refractivity contribution is 0.1000. The van der Waals surface area contributed by atoms with Gasteiger partial charge in [-0.3, -0.25) is 9.69 Å². The normalized spacial score (nSPS) is 16.1. The van der Waals surface area contributed by atoms with Crippen LogP contribution in [0.2, 0.25) is 0 Å². The Labute approximate surface area is 126 Å². The highest BCUT2D eigenvalue weighted by atomic mass is 16.5. The van der Waals surface area contributed by atoms with Gasteiger partial charge in [-0.2, -0.15) is 0 Å². The lowest BCUT2D eigenvalue weighted by atomic mass is 10.1. The van der Waals surface area contributed by atoms with Gasteiger partial charge in [0.05, 0.1) is 6.61 Å². The molecule has 4 N–H and O–H groups in total. The Bertz CT molecular complexity index is 500. The van der Waals surface area contributed by atoms with Gasteiger partial charge in [-0.05, 0) is 43.4 Å². The van der Waals surface area contributed by atoms with Gasteiger partial charge in [0.1, 0.15) is 0 Å². The molecule has 0 aromatic heterocycles. The molecule has 0 radical (unpaired) electrons. The van der Waals surface area contributed by atoms with Crippen LogP contribution in [0.1, 0.15) is 35.7 Å². The molecular formula is C16H25N3O2. The van der Waals surface area contributed by atoms with Crippen molar-refractivity contribution >= 4 is 11.6 Å². The van der Waals surface area contributed by atoms with E-state index in [2.05, 4.69) is 11.8 Å². The summed E-state index contributed by atoms with van der Waals surface area (Å²) in [5, 5.41) is 0. The minimum atomic E-state index is -0.448. The second-order valence-corrected chi connectivity index (χ2v) is 5.82. The molecule has 0 saturated heterocycles. The first-order chi connectivity index (χ1) is 10.0. The molecule has 5 nitrogen and oxygen atoms in total. The van der Waals surface area contributed by atoms with E-state index >= 15 is 0 Å². The smallest absolute Gasteiger partial charge is 0.248 e. The second kappa shape index (κ2) is 6.91. The van der Waals surface area contributed by atoms with Gasteiger partial charge in [0.2, 0.25) is 5.91 Å². The van der Waals surface area contributed by atoms with Gasteiger partial charge < -0.3 is 16.2 Å². The number of nitrogens with two attached hydrogens (primary N) is 2. The van der Waals surface area contributed by atoms with Crippen LogP contribution in [-0.2, 0) is 11.3 Å². The number of ether oxygens (including phenoxy) is 1. The summed E-state index contributed by atoms with van der Waals surface area (Å²) in [6.45, 7) is 4.62. The van der Waals surface area contributed by atoms with Crippen LogP contribution in [0.15, 0.2) is 18.2 Å². The maximum atomic E-state index is 11.2. The molecule has 1 aliphatic rings. The van der Waals surface area contributed by atoms with Gasteiger partial charge in [-0.15, -0.1) is 0 Å². The van der Waals surface area contributed by atoms with Gasteiger partial charge in [-0.25, -0.2) is 0 Å². The van der Waals surface area contributed by atoms with Crippen LogP contribution in [-0.4, -0.2) is 37.1 Å². The highest BCUT2D eigenvalue weighted by Crippen LogP contribution is 2.35. The van der Waals surface area contributed by atoms with Crippen molar-refractivity contribution in [2.45, 2.75) is 32.4 Å². The molecule has 1 aromatic carbocycles. The third-order valence-electron chi connectivity index (χ3n) is 4.27. The van der Waals surface area contributed by atoms with E-state index in [4.69, 9.17) is 16.2 Å². The third kappa shape index (κ3) is 4.19. The Kier molecular flexibility index (Phi) is 5.20. The first-order valence-electron chi connectivity index (χ1n) is 7.44. The van der Waals surface area contributed by atoms with E-state index in [0.29, 0.717) is 23.9 Å². The highest BCUT2D eigenvalue weighted by Gasteiger charge is 2.31. The molecule has 1 saturated carbocycles. The molecule has 5 heteroatoms. The number of nitrogen functional groups attached to an aromatic ring is 1. The number of carbonyl (C=O) groups is 1. The first-order valence-corrected chi connectivity index (χ1v) is 7.44. The molecule has 2 rings (SSSR count). The zero-order valence-corrected chi connectivity index (χ0v) is 12.8. The number of anilines is 1. The summed E-state index contributed by atoms with van der Waals surface area (Å²) in [5.74, 6) is 0.337. The van der Waals surface area contributed by atoms with Crippen molar-refractivity contribution in [3.8, 4) is 0 Å². The fourth-order valence-corrected chi connectivity index (χ4v) is 2.62. The average Bonchev–Trinajstić information content (AvgIpc) is 3.28. The number of benzene rings is 1. The van der Waals surface area contributed by atoms with Gasteiger partial charge in [0.15, 0.2) is 0 Å². The van der Waals surface area contributed by atoms with Crippen LogP contribution in [0.25, 0.3) is 0 Å². The van der Waals surface area contributed by atoms with E-state index in [1.807, 2.05) is 6.07 Å². The fourth-order valence-electron chi connectivity index (χ4n) is 2.62. The van der Waals surface area contributed by atoms with Crippen molar-refractivity contribution < 1.29 is 9.53 Å². The highest BCUT2D eigenvalue weighted by molar-refractivity contribution is 5.93. The van der Waals surface area contributed by atoms with E-state index in [9.17, 15) is 4.79 Å². The van der Waals surface area contributed by atoms with E-state index in [1.54, 1.807) is 19.2 Å². The van der Waals surface area contributed by atoms with Crippen LogP contribution in [0, 0.1) is 5.92 Å². The summed E-state index contributed by atoms with van der Waals surface area (Å²) < 4.78 is 5.21. The monoisotopic (exact) mass is 291 g/mol. The van der Waals surface area contributed by atoms with Crippen LogP contribution >= 0.6 is 0 Å². The van der Waals surface area contributed by atoms with Crippen LogP contribution in [0.5, 0.6) is 0 Å². The molecule has 1 aromatic rings. The van der Waals surface area contributed by atoms with E-state index in [1.165, 1.54) is 12.8 Å². The predicted molar refractivity (Wildman–Crippen MR) is 83.8 cm³/mol. The van der Waals surface area contributed by atoms with Crippen LogP contribution in [0.4, 0.5) is 5.69 Å². The summed E-state index contributed by atoms with van der Waals surface area (Å²) in [4.78, 5) is 13.6. The molecule has 1 fully saturated rings. The molecule has 0 aliphatic heterocycles. The molecule has 1 atom stereocenters. The second-order valence-electron chi connectivity index (χ2n) is 5.82. The quantitative estimate of drug-likeness (QED) is 0.713. The topological polar surface area (TPSA) is 81.6 Å². The van der Waals surface area contributed by atoms with Gasteiger partial charge >= 0.3 is 0 Å². The Hall–Kier alpha value is -1.59. The number of amides is 1. The third-order valence-corrected chi connectivity index (χ3v) is 4.27. The first kappa shape index (κ1) is 15.8. The Morgan fingerprint density at radius 2 is 2.19 bits per heavy atom. The summed E-state index contributed by atoms with van der Waals surface area (Å²) in [6.07, 6.45) is 2.61. The number of primary amides is 1. The molecule has 21 heavy (non-hydrogen) atoms. The van der Waals surface area contributed by atoms with Crippen LogP contribution < -0.4 is 11.5 Å². The van der Waals surface area contributed by atoms with E-state index in [0.717, 1.165) is 24.6 Å². The average molecular weight is 291 g/mol. The largest absolute Gasteiger partial charge is 0.398 e. The number of nitrogens with zero attached hydrogens (tertiary/aromatic N) is 1. The van der Waals surface area contributed by atoms with Crippen molar-refractivity contribution in [3.05, 3.63) is 29.3 Å². The minimum Gasteiger partial charge on any atom is -0.398 e. The van der Waals surface area contributed by atoms with Crippen molar-refractivity contribution in [2.75, 3.05) is 26.0 Å². The molecule has 0 bridgehead atoms. The zero-order chi connectivity index (χ0) is 15.4. The van der Waals surface area contributed by atoms with Crippen molar-refractivity contribution in [2.24, 2.45) is 11.7 Å². The number of hydrogen-bond donors (Lipinski definition) is 2. The fraction of sp³-hybridized carbons (Fsp3) is 0.562. The Balaban J connectivity index is 2.09. The van der Waals surface area contributed by atoms with Gasteiger partial charge in [-0.1, -0.05) is 6.07 Å². The zero-order valence-electron chi connectivity index (χ0n) is 12.8. The van der Waals surface area contributed by atoms with Gasteiger partial charge in [0.25, 0.3) is 0 Å². The Morgan fingerprint density at radius 3 is 2.71 bits per heavy atom. The minimum absolute atomic E-state index is 0.448.